The first-order chi connectivity index (χ1) is 7.26. The van der Waals surface area contributed by atoms with Crippen molar-refractivity contribution < 1.29 is 13.5 Å². The van der Waals surface area contributed by atoms with E-state index in [0.29, 0.717) is 5.92 Å². The fourth-order valence-corrected chi connectivity index (χ4v) is 2.79. The molecule has 1 N–H and O–H groups in total. The molecule has 16 heavy (non-hydrogen) atoms. The zero-order valence-electron chi connectivity index (χ0n) is 10.4. The van der Waals surface area contributed by atoms with Crippen LogP contribution in [0.3, 0.4) is 0 Å². The van der Waals surface area contributed by atoms with Gasteiger partial charge in [-0.05, 0) is 32.6 Å². The molecule has 1 rings (SSSR count). The fraction of sp³-hybridized carbons (Fsp3) is 1.00. The molecule has 5 nitrogen and oxygen atoms in total. The van der Waals surface area contributed by atoms with E-state index in [1.54, 1.807) is 7.05 Å². The van der Waals surface area contributed by atoms with Crippen molar-refractivity contribution in [2.24, 2.45) is 5.92 Å². The van der Waals surface area contributed by atoms with Crippen LogP contribution in [0.25, 0.3) is 0 Å². The number of likely N-dealkylation sites (N-methyl/N-ethyl adjacent to an activating group) is 1. The lowest BCUT2D eigenvalue weighted by molar-refractivity contribution is 0.129. The molecule has 1 aliphatic carbocycles. The average Bonchev–Trinajstić information content (AvgIpc) is 2.98. The van der Waals surface area contributed by atoms with E-state index in [4.69, 9.17) is 0 Å². The maximum absolute atomic E-state index is 12.0. The first-order valence-corrected chi connectivity index (χ1v) is 7.04. The second kappa shape index (κ2) is 5.00. The highest BCUT2D eigenvalue weighted by atomic mass is 32.2. The van der Waals surface area contributed by atoms with Crippen LogP contribution in [0, 0.1) is 5.92 Å². The Labute approximate surface area is 98.2 Å². The minimum atomic E-state index is -3.43. The highest BCUT2D eigenvalue weighted by molar-refractivity contribution is 7.86. The van der Waals surface area contributed by atoms with Crippen LogP contribution in [-0.2, 0) is 10.2 Å². The summed E-state index contributed by atoms with van der Waals surface area (Å²) in [5.41, 5.74) is 0. The molecule has 0 bridgehead atoms. The Morgan fingerprint density at radius 1 is 1.31 bits per heavy atom. The number of rotatable bonds is 6. The Balaban J connectivity index is 2.60. The van der Waals surface area contributed by atoms with Gasteiger partial charge in [0.25, 0.3) is 10.2 Å². The topological polar surface area (TPSA) is 60.9 Å². The molecule has 1 unspecified atom stereocenters. The summed E-state index contributed by atoms with van der Waals surface area (Å²) in [4.78, 5) is 0. The van der Waals surface area contributed by atoms with E-state index in [0.717, 1.165) is 12.8 Å². The largest absolute Gasteiger partial charge is 0.391 e. The lowest BCUT2D eigenvalue weighted by Gasteiger charge is -2.28. The molecule has 1 saturated carbocycles. The van der Waals surface area contributed by atoms with Gasteiger partial charge in [0.1, 0.15) is 0 Å². The van der Waals surface area contributed by atoms with Crippen LogP contribution in [0.4, 0.5) is 0 Å². The number of aliphatic hydroxyl groups excluding tert-OH is 1. The third-order valence-corrected chi connectivity index (χ3v) is 5.18. The Kier molecular flexibility index (Phi) is 4.34. The van der Waals surface area contributed by atoms with E-state index in [1.807, 2.05) is 13.8 Å². The molecule has 0 aromatic carbocycles. The van der Waals surface area contributed by atoms with Crippen LogP contribution in [-0.4, -0.2) is 54.9 Å². The third-order valence-electron chi connectivity index (χ3n) is 3.10. The maximum atomic E-state index is 12.0. The molecule has 0 aliphatic heterocycles. The Hall–Kier alpha value is -0.170. The molecule has 0 saturated heterocycles. The summed E-state index contributed by atoms with van der Waals surface area (Å²) in [6.07, 6.45) is 1.49. The van der Waals surface area contributed by atoms with Crippen molar-refractivity contribution in [2.75, 3.05) is 20.6 Å². The highest BCUT2D eigenvalue weighted by Gasteiger charge is 2.34. The summed E-state index contributed by atoms with van der Waals surface area (Å²) in [6, 6.07) is -0.0782. The van der Waals surface area contributed by atoms with Gasteiger partial charge >= 0.3 is 0 Å². The van der Waals surface area contributed by atoms with Gasteiger partial charge in [-0.25, -0.2) is 0 Å². The van der Waals surface area contributed by atoms with Gasteiger partial charge in [-0.2, -0.15) is 17.0 Å². The summed E-state index contributed by atoms with van der Waals surface area (Å²) < 4.78 is 26.5. The summed E-state index contributed by atoms with van der Waals surface area (Å²) in [5.74, 6) is 0.294. The molecule has 0 heterocycles. The molecule has 1 fully saturated rings. The predicted molar refractivity (Wildman–Crippen MR) is 63.2 cm³/mol. The molecule has 0 spiro atoms. The second-order valence-electron chi connectivity index (χ2n) is 4.80. The number of nitrogens with zero attached hydrogens (tertiary/aromatic N) is 2. The summed E-state index contributed by atoms with van der Waals surface area (Å²) in [6.45, 7) is 3.83. The van der Waals surface area contributed by atoms with E-state index in [-0.39, 0.29) is 12.6 Å². The van der Waals surface area contributed by atoms with E-state index >= 15 is 0 Å². The zero-order chi connectivity index (χ0) is 12.5. The quantitative estimate of drug-likeness (QED) is 0.736. The standard InChI is InChI=1S/C10H22N2O3S/c1-8(2)12(4)16(14,15)11(3)7-10(13)9-5-6-9/h8-10,13H,5-7H2,1-4H3. The van der Waals surface area contributed by atoms with Crippen molar-refractivity contribution in [3.63, 3.8) is 0 Å². The fourth-order valence-electron chi connectivity index (χ4n) is 1.47. The Morgan fingerprint density at radius 2 is 1.81 bits per heavy atom. The predicted octanol–water partition coefficient (Wildman–Crippen LogP) is 0.274. The van der Waals surface area contributed by atoms with Crippen LogP contribution in [0.1, 0.15) is 26.7 Å². The molecular formula is C10H22N2O3S. The molecule has 0 aromatic rings. The SMILES string of the molecule is CC(C)N(C)S(=O)(=O)N(C)CC(O)C1CC1. The third kappa shape index (κ3) is 3.16. The molecular weight excluding hydrogens is 228 g/mol. The van der Waals surface area contributed by atoms with Crippen LogP contribution < -0.4 is 0 Å². The van der Waals surface area contributed by atoms with Crippen molar-refractivity contribution >= 4 is 10.2 Å². The number of hydrogen-bond acceptors (Lipinski definition) is 3. The van der Waals surface area contributed by atoms with Gasteiger partial charge in [0, 0.05) is 26.7 Å². The van der Waals surface area contributed by atoms with Crippen molar-refractivity contribution in [2.45, 2.75) is 38.8 Å². The lowest BCUT2D eigenvalue weighted by Crippen LogP contribution is -2.45. The van der Waals surface area contributed by atoms with Gasteiger partial charge in [0.15, 0.2) is 0 Å². The molecule has 96 valence electrons. The van der Waals surface area contributed by atoms with Crippen LogP contribution >= 0.6 is 0 Å². The van der Waals surface area contributed by atoms with E-state index in [1.165, 1.54) is 15.7 Å². The van der Waals surface area contributed by atoms with Crippen LogP contribution in [0.2, 0.25) is 0 Å². The molecule has 0 aromatic heterocycles. The van der Waals surface area contributed by atoms with Gasteiger partial charge in [-0.3, -0.25) is 0 Å². The maximum Gasteiger partial charge on any atom is 0.281 e. The lowest BCUT2D eigenvalue weighted by atomic mass is 10.2. The number of hydrogen-bond donors (Lipinski definition) is 1. The normalized spacial score (nSPS) is 19.8. The second-order valence-corrected chi connectivity index (χ2v) is 6.90. The van der Waals surface area contributed by atoms with Gasteiger partial charge in [0.05, 0.1) is 6.10 Å². The first-order valence-electron chi connectivity index (χ1n) is 5.64. The van der Waals surface area contributed by atoms with Crippen molar-refractivity contribution in [1.82, 2.24) is 8.61 Å². The summed E-state index contributed by atoms with van der Waals surface area (Å²) in [5, 5.41) is 9.72. The zero-order valence-corrected chi connectivity index (χ0v) is 11.2. The Bertz CT molecular complexity index is 325. The van der Waals surface area contributed by atoms with Crippen molar-refractivity contribution in [3.8, 4) is 0 Å². The minimum Gasteiger partial charge on any atom is -0.391 e. The first kappa shape index (κ1) is 13.9. The summed E-state index contributed by atoms with van der Waals surface area (Å²) in [7, 11) is -0.363. The minimum absolute atomic E-state index is 0.0782. The van der Waals surface area contributed by atoms with E-state index in [2.05, 4.69) is 0 Å². The molecule has 0 amide bonds. The highest BCUT2D eigenvalue weighted by Crippen LogP contribution is 2.33. The van der Waals surface area contributed by atoms with Gasteiger partial charge in [0.2, 0.25) is 0 Å². The van der Waals surface area contributed by atoms with Gasteiger partial charge in [-0.15, -0.1) is 0 Å². The van der Waals surface area contributed by atoms with Gasteiger partial charge < -0.3 is 5.11 Å². The molecule has 1 aliphatic rings. The van der Waals surface area contributed by atoms with E-state index in [9.17, 15) is 13.5 Å². The van der Waals surface area contributed by atoms with Crippen molar-refractivity contribution in [3.05, 3.63) is 0 Å². The van der Waals surface area contributed by atoms with Crippen LogP contribution in [0.5, 0.6) is 0 Å². The Morgan fingerprint density at radius 3 is 2.19 bits per heavy atom. The summed E-state index contributed by atoms with van der Waals surface area (Å²) >= 11 is 0. The monoisotopic (exact) mass is 250 g/mol. The average molecular weight is 250 g/mol. The van der Waals surface area contributed by atoms with Crippen molar-refractivity contribution in [1.29, 1.82) is 0 Å². The molecule has 1 atom stereocenters. The number of aliphatic hydroxyl groups is 1. The molecule has 6 heteroatoms. The van der Waals surface area contributed by atoms with Gasteiger partial charge in [-0.1, -0.05) is 0 Å². The molecule has 0 radical (unpaired) electrons. The van der Waals surface area contributed by atoms with Crippen LogP contribution in [0.15, 0.2) is 0 Å². The van der Waals surface area contributed by atoms with E-state index < -0.39 is 16.3 Å². The smallest absolute Gasteiger partial charge is 0.281 e.